The van der Waals surface area contributed by atoms with Gasteiger partial charge in [0.15, 0.2) is 0 Å². The molecule has 0 spiro atoms. The molecule has 6 rings (SSSR count). The monoisotopic (exact) mass is 495 g/mol. The van der Waals surface area contributed by atoms with Gasteiger partial charge in [0.2, 0.25) is 5.88 Å². The van der Waals surface area contributed by atoms with Crippen LogP contribution in [-0.4, -0.2) is 45.6 Å². The molecule has 2 aromatic carbocycles. The zero-order chi connectivity index (χ0) is 24.1. The lowest BCUT2D eigenvalue weighted by atomic mass is 9.82. The second-order valence-electron chi connectivity index (χ2n) is 9.29. The summed E-state index contributed by atoms with van der Waals surface area (Å²) in [4.78, 5) is 16.3. The molecular weight excluding hydrogens is 473 g/mol. The van der Waals surface area contributed by atoms with Crippen LogP contribution in [0.2, 0.25) is 5.02 Å². The molecule has 0 amide bonds. The van der Waals surface area contributed by atoms with Gasteiger partial charge >= 0.3 is 5.97 Å². The van der Waals surface area contributed by atoms with Gasteiger partial charge in [-0.3, -0.25) is 9.89 Å². The normalized spacial score (nSPS) is 20.7. The topological polar surface area (TPSA) is 97.3 Å². The van der Waals surface area contributed by atoms with Gasteiger partial charge in [-0.15, -0.1) is 0 Å². The highest BCUT2D eigenvalue weighted by Gasteiger charge is 2.37. The van der Waals surface area contributed by atoms with Crippen molar-refractivity contribution in [3.63, 3.8) is 0 Å². The lowest BCUT2D eigenvalue weighted by Gasteiger charge is -2.33. The second-order valence-corrected chi connectivity index (χ2v) is 9.70. The van der Waals surface area contributed by atoms with Gasteiger partial charge in [-0.1, -0.05) is 17.7 Å². The molecule has 1 aliphatic heterocycles. The van der Waals surface area contributed by atoms with Crippen molar-refractivity contribution in [2.45, 2.75) is 37.7 Å². The Morgan fingerprint density at radius 2 is 1.97 bits per heavy atom. The highest BCUT2D eigenvalue weighted by atomic mass is 35.5. The summed E-state index contributed by atoms with van der Waals surface area (Å²) in [5.74, 6) is -1.11. The fourth-order valence-corrected chi connectivity index (χ4v) is 5.19. The van der Waals surface area contributed by atoms with Gasteiger partial charge in [-0.25, -0.2) is 9.37 Å². The maximum Gasteiger partial charge on any atom is 0.306 e. The zero-order valence-corrected chi connectivity index (χ0v) is 19.5. The Hall–Kier alpha value is -3.23. The van der Waals surface area contributed by atoms with Gasteiger partial charge < -0.3 is 14.6 Å². The number of aromatic nitrogens is 3. The third kappa shape index (κ3) is 4.00. The Kier molecular flexibility index (Phi) is 5.57. The SMILES string of the molecule is O=C(O)[C@H]1C[C@H](Oc2nc(C3CCOCC3)c(-c3ccc(Cl)c(F)c3)c3cc4cn[nH]c4cc23)C1. The van der Waals surface area contributed by atoms with E-state index in [2.05, 4.69) is 10.2 Å². The first-order valence-electron chi connectivity index (χ1n) is 11.7. The Morgan fingerprint density at radius 1 is 1.17 bits per heavy atom. The van der Waals surface area contributed by atoms with Gasteiger partial charge in [-0.05, 0) is 60.9 Å². The summed E-state index contributed by atoms with van der Waals surface area (Å²) in [6, 6.07) is 8.79. The van der Waals surface area contributed by atoms with E-state index in [1.165, 1.54) is 6.07 Å². The van der Waals surface area contributed by atoms with Crippen molar-refractivity contribution < 1.29 is 23.8 Å². The van der Waals surface area contributed by atoms with Crippen LogP contribution in [0, 0.1) is 11.7 Å². The Morgan fingerprint density at radius 3 is 2.71 bits per heavy atom. The van der Waals surface area contributed by atoms with Crippen molar-refractivity contribution in [3.05, 3.63) is 53.1 Å². The predicted octanol–water partition coefficient (Wildman–Crippen LogP) is 5.71. The number of nitrogens with one attached hydrogen (secondary N) is 1. The number of benzene rings is 2. The summed E-state index contributed by atoms with van der Waals surface area (Å²) >= 11 is 6.00. The summed E-state index contributed by atoms with van der Waals surface area (Å²) in [5, 5.41) is 19.0. The molecule has 2 aromatic heterocycles. The average molecular weight is 496 g/mol. The average Bonchev–Trinajstić information content (AvgIpc) is 3.29. The number of rotatable bonds is 5. The minimum atomic E-state index is -0.801. The fraction of sp³-hybridized carbons (Fsp3) is 0.346. The molecule has 35 heavy (non-hydrogen) atoms. The lowest BCUT2D eigenvalue weighted by Crippen LogP contribution is -2.38. The van der Waals surface area contributed by atoms with Crippen LogP contribution in [0.1, 0.15) is 37.3 Å². The van der Waals surface area contributed by atoms with E-state index in [1.54, 1.807) is 12.3 Å². The van der Waals surface area contributed by atoms with Gasteiger partial charge in [0.05, 0.1) is 28.3 Å². The number of ether oxygens (including phenoxy) is 2. The van der Waals surface area contributed by atoms with E-state index >= 15 is 0 Å². The van der Waals surface area contributed by atoms with Crippen LogP contribution in [0.15, 0.2) is 36.5 Å². The van der Waals surface area contributed by atoms with E-state index in [-0.39, 0.29) is 17.0 Å². The van der Waals surface area contributed by atoms with Crippen molar-refractivity contribution >= 4 is 39.2 Å². The van der Waals surface area contributed by atoms with Crippen molar-refractivity contribution in [2.75, 3.05) is 13.2 Å². The summed E-state index contributed by atoms with van der Waals surface area (Å²) < 4.78 is 26.5. The number of halogens is 2. The molecule has 1 saturated carbocycles. The van der Waals surface area contributed by atoms with E-state index in [0.29, 0.717) is 37.5 Å². The number of aliphatic carboxylic acids is 1. The van der Waals surface area contributed by atoms with Crippen LogP contribution in [0.25, 0.3) is 32.8 Å². The van der Waals surface area contributed by atoms with E-state index in [4.69, 9.17) is 26.1 Å². The molecule has 0 radical (unpaired) electrons. The molecule has 180 valence electrons. The van der Waals surface area contributed by atoms with E-state index < -0.39 is 17.7 Å². The molecule has 1 saturated heterocycles. The van der Waals surface area contributed by atoms with Crippen LogP contribution in [0.5, 0.6) is 5.88 Å². The zero-order valence-electron chi connectivity index (χ0n) is 18.8. The standard InChI is InChI=1S/C26H23ClFN3O4/c27-20-2-1-14(10-21(20)28)23-18-9-16-12-29-31-22(16)11-19(18)25(35-17-7-15(8-17)26(32)33)30-24(23)13-3-5-34-6-4-13/h1-2,9-13,15,17H,3-8H2,(H,29,31)(H,32,33)/t15-,17-. The van der Waals surface area contributed by atoms with Crippen LogP contribution in [0.4, 0.5) is 4.39 Å². The largest absolute Gasteiger partial charge is 0.481 e. The van der Waals surface area contributed by atoms with Gasteiger partial charge in [0.25, 0.3) is 0 Å². The van der Waals surface area contributed by atoms with Gasteiger partial charge in [0, 0.05) is 35.5 Å². The first-order valence-corrected chi connectivity index (χ1v) is 12.1. The minimum absolute atomic E-state index is 0.0637. The fourth-order valence-electron chi connectivity index (χ4n) is 5.07. The molecule has 9 heteroatoms. The van der Waals surface area contributed by atoms with Crippen molar-refractivity contribution in [1.29, 1.82) is 0 Å². The van der Waals surface area contributed by atoms with Crippen LogP contribution >= 0.6 is 11.6 Å². The van der Waals surface area contributed by atoms with Crippen molar-refractivity contribution in [1.82, 2.24) is 15.2 Å². The lowest BCUT2D eigenvalue weighted by molar-refractivity contribution is -0.148. The maximum atomic E-state index is 14.6. The van der Waals surface area contributed by atoms with Crippen LogP contribution < -0.4 is 4.74 Å². The first kappa shape index (κ1) is 22.2. The quantitative estimate of drug-likeness (QED) is 0.368. The maximum absolute atomic E-state index is 14.6. The molecule has 7 nitrogen and oxygen atoms in total. The Labute approximate surface area is 205 Å². The van der Waals surface area contributed by atoms with Gasteiger partial charge in [-0.2, -0.15) is 5.10 Å². The molecule has 2 fully saturated rings. The van der Waals surface area contributed by atoms with Crippen LogP contribution in [-0.2, 0) is 9.53 Å². The first-order chi connectivity index (χ1) is 17.0. The summed E-state index contributed by atoms with van der Waals surface area (Å²) in [6.45, 7) is 1.25. The molecule has 0 unspecified atom stereocenters. The van der Waals surface area contributed by atoms with E-state index in [1.807, 2.05) is 18.2 Å². The number of nitrogens with zero attached hydrogens (tertiary/aromatic N) is 2. The summed E-state index contributed by atoms with van der Waals surface area (Å²) in [5.41, 5.74) is 3.19. The van der Waals surface area contributed by atoms with Crippen molar-refractivity contribution in [2.24, 2.45) is 5.92 Å². The number of H-pyrrole nitrogens is 1. The molecule has 1 aliphatic carbocycles. The number of aromatic amines is 1. The Balaban J connectivity index is 1.57. The number of carbonyl (C=O) groups is 1. The highest BCUT2D eigenvalue weighted by molar-refractivity contribution is 6.30. The van der Waals surface area contributed by atoms with E-state index in [0.717, 1.165) is 45.8 Å². The van der Waals surface area contributed by atoms with Crippen molar-refractivity contribution in [3.8, 4) is 17.0 Å². The van der Waals surface area contributed by atoms with Gasteiger partial charge in [0.1, 0.15) is 11.9 Å². The number of hydrogen-bond acceptors (Lipinski definition) is 5. The molecule has 0 bridgehead atoms. The third-order valence-electron chi connectivity index (χ3n) is 7.09. The highest BCUT2D eigenvalue weighted by Crippen LogP contribution is 2.44. The number of carboxylic acid groups (broad SMARTS) is 1. The molecule has 2 aliphatic rings. The van der Waals surface area contributed by atoms with Crippen LogP contribution in [0.3, 0.4) is 0 Å². The molecule has 4 aromatic rings. The van der Waals surface area contributed by atoms with E-state index in [9.17, 15) is 14.3 Å². The number of fused-ring (bicyclic) bond motifs is 2. The number of hydrogen-bond donors (Lipinski definition) is 2. The smallest absolute Gasteiger partial charge is 0.306 e. The molecule has 3 heterocycles. The summed E-state index contributed by atoms with van der Waals surface area (Å²) in [7, 11) is 0. The number of carboxylic acids is 1. The summed E-state index contributed by atoms with van der Waals surface area (Å²) in [6.07, 6.45) is 4.01. The molecular formula is C26H23ClFN3O4. The molecule has 2 N–H and O–H groups in total. The predicted molar refractivity (Wildman–Crippen MR) is 129 cm³/mol. The molecule has 0 atom stereocenters. The second kappa shape index (κ2) is 8.77. The Bertz CT molecular complexity index is 1440. The number of pyridine rings is 1. The third-order valence-corrected chi connectivity index (χ3v) is 7.40. The minimum Gasteiger partial charge on any atom is -0.481 e.